The molecule has 27 heavy (non-hydrogen) atoms. The van der Waals surface area contributed by atoms with Gasteiger partial charge in [-0.25, -0.2) is 0 Å². The van der Waals surface area contributed by atoms with Crippen LogP contribution in [0.25, 0.3) is 17.1 Å². The van der Waals surface area contributed by atoms with Gasteiger partial charge in [-0.15, -0.1) is 10.2 Å². The zero-order chi connectivity index (χ0) is 18.9. The molecule has 3 aromatic rings. The van der Waals surface area contributed by atoms with Crippen molar-refractivity contribution in [2.45, 2.75) is 11.6 Å². The molecule has 0 spiro atoms. The van der Waals surface area contributed by atoms with Crippen LogP contribution in [0, 0.1) is 0 Å². The van der Waals surface area contributed by atoms with E-state index < -0.39 is 0 Å². The Bertz CT molecular complexity index is 855. The third-order valence-electron chi connectivity index (χ3n) is 3.77. The summed E-state index contributed by atoms with van der Waals surface area (Å²) in [5.74, 6) is 0.949. The first kappa shape index (κ1) is 19.1. The molecule has 8 heteroatoms. The number of thioether (sulfide) groups is 1. The smallest absolute Gasteiger partial charge is 0.230 e. The Kier molecular flexibility index (Phi) is 6.95. The second kappa shape index (κ2) is 9.84. The molecule has 0 saturated heterocycles. The molecule has 0 atom stereocenters. The highest BCUT2D eigenvalue weighted by Crippen LogP contribution is 2.27. The van der Waals surface area contributed by atoms with E-state index in [1.807, 2.05) is 47.0 Å². The Hall–Kier alpha value is -2.71. The first-order chi connectivity index (χ1) is 13.3. The maximum atomic E-state index is 12.1. The van der Waals surface area contributed by atoms with Gasteiger partial charge in [0.15, 0.2) is 11.0 Å². The average molecular weight is 383 g/mol. The molecule has 1 aromatic carbocycles. The number of para-hydroxylation sites is 1. The average Bonchev–Trinajstić information content (AvgIpc) is 3.15. The number of amides is 1. The number of rotatable bonds is 9. The van der Waals surface area contributed by atoms with Crippen LogP contribution in [0.4, 0.5) is 0 Å². The molecule has 2 heterocycles. The molecular formula is C19H21N5O2S. The third-order valence-corrected chi connectivity index (χ3v) is 4.69. The molecule has 0 aliphatic rings. The summed E-state index contributed by atoms with van der Waals surface area (Å²) >= 11 is 1.36. The summed E-state index contributed by atoms with van der Waals surface area (Å²) in [4.78, 5) is 16.1. The van der Waals surface area contributed by atoms with Crippen LogP contribution >= 0.6 is 11.8 Å². The number of aromatic nitrogens is 4. The summed E-state index contributed by atoms with van der Waals surface area (Å²) in [6.45, 7) is 1.23. The van der Waals surface area contributed by atoms with Crippen LogP contribution in [-0.2, 0) is 9.53 Å². The minimum absolute atomic E-state index is 0.0378. The van der Waals surface area contributed by atoms with Gasteiger partial charge in [-0.3, -0.25) is 14.3 Å². The van der Waals surface area contributed by atoms with Crippen molar-refractivity contribution in [3.05, 3.63) is 54.9 Å². The third kappa shape index (κ3) is 5.15. The van der Waals surface area contributed by atoms with Crippen LogP contribution in [0.5, 0.6) is 0 Å². The Balaban J connectivity index is 1.77. The van der Waals surface area contributed by atoms with E-state index in [-0.39, 0.29) is 11.7 Å². The monoisotopic (exact) mass is 383 g/mol. The SMILES string of the molecule is COCCCNC(=O)CSc1nnc(-c2ccncc2)n1-c1ccccc1. The van der Waals surface area contributed by atoms with Gasteiger partial charge in [-0.1, -0.05) is 30.0 Å². The summed E-state index contributed by atoms with van der Waals surface area (Å²) < 4.78 is 6.94. The standard InChI is InChI=1S/C19H21N5O2S/c1-26-13-5-10-21-17(25)14-27-19-23-22-18(15-8-11-20-12-9-15)24(19)16-6-3-2-4-7-16/h2-4,6-9,11-12H,5,10,13-14H2,1H3,(H,21,25). The van der Waals surface area contributed by atoms with Crippen molar-refractivity contribution in [2.24, 2.45) is 0 Å². The largest absolute Gasteiger partial charge is 0.385 e. The number of carbonyl (C=O) groups excluding carboxylic acids is 1. The van der Waals surface area contributed by atoms with Crippen LogP contribution in [0.3, 0.4) is 0 Å². The molecule has 1 N–H and O–H groups in total. The lowest BCUT2D eigenvalue weighted by Gasteiger charge is -2.10. The van der Waals surface area contributed by atoms with Gasteiger partial charge >= 0.3 is 0 Å². The zero-order valence-electron chi connectivity index (χ0n) is 15.0. The lowest BCUT2D eigenvalue weighted by atomic mass is 10.2. The van der Waals surface area contributed by atoms with E-state index in [1.165, 1.54) is 11.8 Å². The summed E-state index contributed by atoms with van der Waals surface area (Å²) in [6.07, 6.45) is 4.23. The predicted octanol–water partition coefficient (Wildman–Crippen LogP) is 2.57. The van der Waals surface area contributed by atoms with Crippen molar-refractivity contribution < 1.29 is 9.53 Å². The van der Waals surface area contributed by atoms with Gasteiger partial charge in [0.1, 0.15) is 0 Å². The Labute approximate surface area is 162 Å². The number of nitrogens with zero attached hydrogens (tertiary/aromatic N) is 4. The van der Waals surface area contributed by atoms with E-state index in [2.05, 4.69) is 20.5 Å². The maximum absolute atomic E-state index is 12.1. The second-order valence-corrected chi connectivity index (χ2v) is 6.64. The highest BCUT2D eigenvalue weighted by atomic mass is 32.2. The molecule has 0 unspecified atom stereocenters. The number of carbonyl (C=O) groups is 1. The van der Waals surface area contributed by atoms with Crippen molar-refractivity contribution in [1.29, 1.82) is 0 Å². The molecule has 1 amide bonds. The fourth-order valence-electron chi connectivity index (χ4n) is 2.49. The van der Waals surface area contributed by atoms with E-state index in [0.29, 0.717) is 24.1 Å². The number of hydrogen-bond acceptors (Lipinski definition) is 6. The summed E-state index contributed by atoms with van der Waals surface area (Å²) in [5, 5.41) is 12.2. The van der Waals surface area contributed by atoms with Crippen LogP contribution in [0.1, 0.15) is 6.42 Å². The lowest BCUT2D eigenvalue weighted by Crippen LogP contribution is -2.26. The van der Waals surface area contributed by atoms with Gasteiger partial charge in [-0.05, 0) is 30.7 Å². The number of pyridine rings is 1. The van der Waals surface area contributed by atoms with Gasteiger partial charge in [0.2, 0.25) is 5.91 Å². The van der Waals surface area contributed by atoms with E-state index in [0.717, 1.165) is 17.7 Å². The molecule has 140 valence electrons. The molecule has 0 fully saturated rings. The molecule has 0 saturated carbocycles. The molecule has 3 rings (SSSR count). The number of hydrogen-bond donors (Lipinski definition) is 1. The normalized spacial score (nSPS) is 10.7. The van der Waals surface area contributed by atoms with Crippen LogP contribution in [0.2, 0.25) is 0 Å². The predicted molar refractivity (Wildman–Crippen MR) is 105 cm³/mol. The van der Waals surface area contributed by atoms with E-state index >= 15 is 0 Å². The van der Waals surface area contributed by atoms with Crippen molar-refractivity contribution in [3.8, 4) is 17.1 Å². The highest BCUT2D eigenvalue weighted by molar-refractivity contribution is 7.99. The fourth-order valence-corrected chi connectivity index (χ4v) is 3.27. The number of methoxy groups -OCH3 is 1. The van der Waals surface area contributed by atoms with E-state index in [4.69, 9.17) is 4.74 Å². The summed E-state index contributed by atoms with van der Waals surface area (Å²) in [6, 6.07) is 13.6. The van der Waals surface area contributed by atoms with E-state index in [9.17, 15) is 4.79 Å². The number of ether oxygens (including phenoxy) is 1. The Morgan fingerprint density at radius 1 is 1.15 bits per heavy atom. The molecule has 0 bridgehead atoms. The van der Waals surface area contributed by atoms with Crippen molar-refractivity contribution in [3.63, 3.8) is 0 Å². The van der Waals surface area contributed by atoms with Gasteiger partial charge in [0.05, 0.1) is 5.75 Å². The first-order valence-corrected chi connectivity index (χ1v) is 9.58. The minimum Gasteiger partial charge on any atom is -0.385 e. The molecular weight excluding hydrogens is 362 g/mol. The van der Waals surface area contributed by atoms with Crippen molar-refractivity contribution in [2.75, 3.05) is 26.0 Å². The maximum Gasteiger partial charge on any atom is 0.230 e. The Morgan fingerprint density at radius 2 is 1.93 bits per heavy atom. The number of benzene rings is 1. The molecule has 7 nitrogen and oxygen atoms in total. The second-order valence-electron chi connectivity index (χ2n) is 5.70. The van der Waals surface area contributed by atoms with E-state index in [1.54, 1.807) is 19.5 Å². The van der Waals surface area contributed by atoms with Crippen molar-refractivity contribution >= 4 is 17.7 Å². The quantitative estimate of drug-likeness (QED) is 0.452. The zero-order valence-corrected chi connectivity index (χ0v) is 15.9. The van der Waals surface area contributed by atoms with Gasteiger partial charge in [-0.2, -0.15) is 0 Å². The number of nitrogens with one attached hydrogen (secondary N) is 1. The molecule has 2 aromatic heterocycles. The van der Waals surface area contributed by atoms with Gasteiger partial charge in [0, 0.05) is 43.9 Å². The van der Waals surface area contributed by atoms with Gasteiger partial charge < -0.3 is 10.1 Å². The van der Waals surface area contributed by atoms with Crippen LogP contribution in [0.15, 0.2) is 60.0 Å². The molecule has 0 aliphatic carbocycles. The van der Waals surface area contributed by atoms with Crippen LogP contribution < -0.4 is 5.32 Å². The highest BCUT2D eigenvalue weighted by Gasteiger charge is 2.17. The van der Waals surface area contributed by atoms with Crippen molar-refractivity contribution in [1.82, 2.24) is 25.1 Å². The topological polar surface area (TPSA) is 81.9 Å². The molecule has 0 aliphatic heterocycles. The first-order valence-electron chi connectivity index (χ1n) is 8.59. The minimum atomic E-state index is -0.0378. The summed E-state index contributed by atoms with van der Waals surface area (Å²) in [7, 11) is 1.65. The summed E-state index contributed by atoms with van der Waals surface area (Å²) in [5.41, 5.74) is 1.86. The Morgan fingerprint density at radius 3 is 2.67 bits per heavy atom. The van der Waals surface area contributed by atoms with Gasteiger partial charge in [0.25, 0.3) is 0 Å². The molecule has 0 radical (unpaired) electrons. The van der Waals surface area contributed by atoms with Crippen LogP contribution in [-0.4, -0.2) is 51.7 Å². The fraction of sp³-hybridized carbons (Fsp3) is 0.263. The lowest BCUT2D eigenvalue weighted by molar-refractivity contribution is -0.118.